The molecule has 0 atom stereocenters. The fraction of sp³-hybridized carbons (Fsp3) is 0.875. The molecular formula is C16H28O4. The molecule has 2 fully saturated rings. The van der Waals surface area contributed by atoms with E-state index < -0.39 is 0 Å². The van der Waals surface area contributed by atoms with Crippen LogP contribution in [0.3, 0.4) is 0 Å². The zero-order chi connectivity index (χ0) is 14.3. The summed E-state index contributed by atoms with van der Waals surface area (Å²) < 4.78 is 21.9. The largest absolute Gasteiger partial charge is 0.380 e. The Morgan fingerprint density at radius 2 is 1.20 bits per heavy atom. The van der Waals surface area contributed by atoms with Gasteiger partial charge in [0.2, 0.25) is 0 Å². The topological polar surface area (TPSA) is 36.9 Å². The van der Waals surface area contributed by atoms with Gasteiger partial charge in [0.1, 0.15) is 0 Å². The molecular weight excluding hydrogens is 256 g/mol. The van der Waals surface area contributed by atoms with E-state index in [0.29, 0.717) is 13.2 Å². The molecule has 2 heterocycles. The lowest BCUT2D eigenvalue weighted by atomic mass is 9.84. The summed E-state index contributed by atoms with van der Waals surface area (Å²) in [5.41, 5.74) is 0.560. The zero-order valence-corrected chi connectivity index (χ0v) is 12.9. The molecule has 0 unspecified atom stereocenters. The highest BCUT2D eigenvalue weighted by Gasteiger charge is 2.37. The first-order valence-electron chi connectivity index (χ1n) is 7.70. The van der Waals surface area contributed by atoms with Gasteiger partial charge in [-0.1, -0.05) is 26.0 Å². The van der Waals surface area contributed by atoms with Crippen LogP contribution in [0.25, 0.3) is 0 Å². The summed E-state index contributed by atoms with van der Waals surface area (Å²) in [5.74, 6) is 0. The third-order valence-electron chi connectivity index (χ3n) is 4.54. The molecule has 2 aliphatic heterocycles. The second-order valence-electron chi connectivity index (χ2n) is 6.19. The van der Waals surface area contributed by atoms with Crippen molar-refractivity contribution in [2.24, 2.45) is 10.8 Å². The van der Waals surface area contributed by atoms with Crippen LogP contribution < -0.4 is 0 Å². The van der Waals surface area contributed by atoms with Crippen molar-refractivity contribution >= 4 is 0 Å². The van der Waals surface area contributed by atoms with Crippen LogP contribution in [0.4, 0.5) is 0 Å². The minimum Gasteiger partial charge on any atom is -0.380 e. The molecule has 116 valence electrons. The number of ether oxygens (including phenoxy) is 4. The lowest BCUT2D eigenvalue weighted by Gasteiger charge is -2.40. The quantitative estimate of drug-likeness (QED) is 0.456. The van der Waals surface area contributed by atoms with Crippen molar-refractivity contribution in [1.82, 2.24) is 0 Å². The minimum atomic E-state index is 0.280. The van der Waals surface area contributed by atoms with Crippen LogP contribution in [0.15, 0.2) is 12.2 Å². The molecule has 0 spiro atoms. The van der Waals surface area contributed by atoms with E-state index in [1.807, 2.05) is 12.2 Å². The van der Waals surface area contributed by atoms with Crippen LogP contribution in [0.2, 0.25) is 0 Å². The average molecular weight is 284 g/mol. The Bertz CT molecular complexity index is 265. The van der Waals surface area contributed by atoms with Crippen LogP contribution in [0, 0.1) is 10.8 Å². The van der Waals surface area contributed by atoms with Crippen molar-refractivity contribution in [2.45, 2.75) is 26.7 Å². The minimum absolute atomic E-state index is 0.280. The van der Waals surface area contributed by atoms with Crippen LogP contribution in [-0.4, -0.2) is 52.9 Å². The molecule has 2 rings (SSSR count). The predicted octanol–water partition coefficient (Wildman–Crippen LogP) is 2.43. The third-order valence-corrected chi connectivity index (χ3v) is 4.54. The fourth-order valence-corrected chi connectivity index (χ4v) is 2.38. The second kappa shape index (κ2) is 7.55. The van der Waals surface area contributed by atoms with Crippen molar-refractivity contribution in [3.63, 3.8) is 0 Å². The standard InChI is InChI=1S/C16H28O4/c1-3-15(11-19-12-15)9-17-7-5-6-8-18-10-16(4-2)13-20-14-16/h5-6H,3-4,7-14H2,1-2H3. The van der Waals surface area contributed by atoms with Gasteiger partial charge in [-0.15, -0.1) is 0 Å². The monoisotopic (exact) mass is 284 g/mol. The summed E-state index contributed by atoms with van der Waals surface area (Å²) in [5, 5.41) is 0. The van der Waals surface area contributed by atoms with Crippen molar-refractivity contribution in [3.05, 3.63) is 12.2 Å². The van der Waals surface area contributed by atoms with Gasteiger partial charge in [-0.05, 0) is 12.8 Å². The van der Waals surface area contributed by atoms with E-state index in [1.54, 1.807) is 0 Å². The highest BCUT2D eigenvalue weighted by Crippen LogP contribution is 2.32. The molecule has 0 aromatic heterocycles. The Labute approximate surface area is 122 Å². The number of hydrogen-bond acceptors (Lipinski definition) is 4. The maximum absolute atomic E-state index is 5.69. The SMILES string of the molecule is CCC1(COCC=CCOCC2(CC)COC2)COC1. The van der Waals surface area contributed by atoms with Crippen molar-refractivity contribution in [3.8, 4) is 0 Å². The summed E-state index contributed by atoms with van der Waals surface area (Å²) in [6, 6.07) is 0. The van der Waals surface area contributed by atoms with E-state index in [2.05, 4.69) is 13.8 Å². The molecule has 0 saturated carbocycles. The Balaban J connectivity index is 1.47. The molecule has 2 aliphatic rings. The lowest BCUT2D eigenvalue weighted by molar-refractivity contribution is -0.148. The lowest BCUT2D eigenvalue weighted by Crippen LogP contribution is -2.45. The fourth-order valence-electron chi connectivity index (χ4n) is 2.38. The number of hydrogen-bond donors (Lipinski definition) is 0. The van der Waals surface area contributed by atoms with Crippen LogP contribution in [-0.2, 0) is 18.9 Å². The maximum atomic E-state index is 5.69. The Morgan fingerprint density at radius 3 is 1.45 bits per heavy atom. The predicted molar refractivity (Wildman–Crippen MR) is 77.9 cm³/mol. The molecule has 0 N–H and O–H groups in total. The first kappa shape index (κ1) is 16.0. The van der Waals surface area contributed by atoms with Crippen LogP contribution in [0.5, 0.6) is 0 Å². The molecule has 2 saturated heterocycles. The van der Waals surface area contributed by atoms with Crippen molar-refractivity contribution in [2.75, 3.05) is 52.9 Å². The summed E-state index contributed by atoms with van der Waals surface area (Å²) >= 11 is 0. The van der Waals surface area contributed by atoms with Gasteiger partial charge in [0, 0.05) is 10.8 Å². The van der Waals surface area contributed by atoms with Gasteiger partial charge in [-0.3, -0.25) is 0 Å². The van der Waals surface area contributed by atoms with Crippen LogP contribution >= 0.6 is 0 Å². The van der Waals surface area contributed by atoms with E-state index in [9.17, 15) is 0 Å². The van der Waals surface area contributed by atoms with Crippen molar-refractivity contribution < 1.29 is 18.9 Å². The Morgan fingerprint density at radius 1 is 0.800 bits per heavy atom. The smallest absolute Gasteiger partial charge is 0.0648 e. The van der Waals surface area contributed by atoms with Gasteiger partial charge in [0.15, 0.2) is 0 Å². The molecule has 0 aliphatic carbocycles. The highest BCUT2D eigenvalue weighted by molar-refractivity contribution is 4.87. The molecule has 0 aromatic carbocycles. The van der Waals surface area contributed by atoms with Gasteiger partial charge in [0.25, 0.3) is 0 Å². The highest BCUT2D eigenvalue weighted by atomic mass is 16.5. The van der Waals surface area contributed by atoms with Gasteiger partial charge >= 0.3 is 0 Å². The molecule has 0 aromatic rings. The van der Waals surface area contributed by atoms with Crippen LogP contribution in [0.1, 0.15) is 26.7 Å². The van der Waals surface area contributed by atoms with E-state index in [4.69, 9.17) is 18.9 Å². The van der Waals surface area contributed by atoms with E-state index in [0.717, 1.165) is 52.5 Å². The molecule has 0 amide bonds. The molecule has 0 radical (unpaired) electrons. The third kappa shape index (κ3) is 4.04. The summed E-state index contributed by atoms with van der Waals surface area (Å²) in [7, 11) is 0. The van der Waals surface area contributed by atoms with E-state index in [1.165, 1.54) is 0 Å². The second-order valence-corrected chi connectivity index (χ2v) is 6.19. The van der Waals surface area contributed by atoms with Gasteiger partial charge in [-0.25, -0.2) is 0 Å². The zero-order valence-electron chi connectivity index (χ0n) is 12.9. The van der Waals surface area contributed by atoms with Gasteiger partial charge < -0.3 is 18.9 Å². The van der Waals surface area contributed by atoms with E-state index in [-0.39, 0.29) is 10.8 Å². The first-order valence-corrected chi connectivity index (χ1v) is 7.70. The van der Waals surface area contributed by atoms with Crippen molar-refractivity contribution in [1.29, 1.82) is 0 Å². The Hall–Kier alpha value is -0.420. The van der Waals surface area contributed by atoms with E-state index >= 15 is 0 Å². The summed E-state index contributed by atoms with van der Waals surface area (Å²) in [6.45, 7) is 10.7. The molecule has 20 heavy (non-hydrogen) atoms. The molecule has 4 nitrogen and oxygen atoms in total. The number of rotatable bonds is 10. The maximum Gasteiger partial charge on any atom is 0.0648 e. The molecule has 4 heteroatoms. The summed E-state index contributed by atoms with van der Waals surface area (Å²) in [4.78, 5) is 0. The normalized spacial score (nSPS) is 23.5. The average Bonchev–Trinajstić information content (AvgIpc) is 2.38. The van der Waals surface area contributed by atoms with Gasteiger partial charge in [-0.2, -0.15) is 0 Å². The molecule has 0 bridgehead atoms. The summed E-state index contributed by atoms with van der Waals surface area (Å²) in [6.07, 6.45) is 6.33. The van der Waals surface area contributed by atoms with Gasteiger partial charge in [0.05, 0.1) is 52.9 Å². The first-order chi connectivity index (χ1) is 9.74. The Kier molecular flexibility index (Phi) is 6.02.